The summed E-state index contributed by atoms with van der Waals surface area (Å²) in [5, 5.41) is 8.92. The second-order valence-corrected chi connectivity index (χ2v) is 5.89. The fourth-order valence-electron chi connectivity index (χ4n) is 3.23. The monoisotopic (exact) mass is 303 g/mol. The molecule has 0 aliphatic carbocycles. The number of nitrogens with zero attached hydrogens (tertiary/aromatic N) is 1. The average molecular weight is 303 g/mol. The van der Waals surface area contributed by atoms with E-state index in [4.69, 9.17) is 19.3 Å². The molecule has 6 heteroatoms. The smallest absolute Gasteiger partial charge is 0.317 e. The molecule has 1 atom stereocenters. The van der Waals surface area contributed by atoms with E-state index in [9.17, 15) is 4.79 Å². The maximum atomic E-state index is 10.9. The maximum absolute atomic E-state index is 10.9. The number of carboxylic acid groups (broad SMARTS) is 1. The van der Waals surface area contributed by atoms with Crippen LogP contribution in [0.5, 0.6) is 17.2 Å². The fourth-order valence-corrected chi connectivity index (χ4v) is 3.23. The van der Waals surface area contributed by atoms with Gasteiger partial charge in [0.05, 0.1) is 6.54 Å². The van der Waals surface area contributed by atoms with E-state index in [1.54, 1.807) is 0 Å². The van der Waals surface area contributed by atoms with E-state index in [0.717, 1.165) is 30.0 Å². The van der Waals surface area contributed by atoms with Gasteiger partial charge in [-0.15, -0.1) is 0 Å². The number of hydrogen-bond acceptors (Lipinski definition) is 5. The van der Waals surface area contributed by atoms with Crippen molar-refractivity contribution in [3.8, 4) is 17.2 Å². The van der Waals surface area contributed by atoms with Crippen LogP contribution >= 0.6 is 0 Å². The van der Waals surface area contributed by atoms with Crippen molar-refractivity contribution in [2.75, 3.05) is 32.8 Å². The molecule has 1 saturated heterocycles. The summed E-state index contributed by atoms with van der Waals surface area (Å²) < 4.78 is 17.4. The third kappa shape index (κ3) is 2.29. The molecule has 4 rings (SSSR count). The van der Waals surface area contributed by atoms with Crippen LogP contribution in [0, 0.1) is 0 Å². The SMILES string of the molecule is O=C(O)CN1CCC2(C=Cc3cc4c(cc3O2)OCCO4)C1. The van der Waals surface area contributed by atoms with Gasteiger partial charge in [0.2, 0.25) is 0 Å². The summed E-state index contributed by atoms with van der Waals surface area (Å²) in [6, 6.07) is 3.80. The number of hydrogen-bond donors (Lipinski definition) is 1. The lowest BCUT2D eigenvalue weighted by Gasteiger charge is -2.32. The van der Waals surface area contributed by atoms with Gasteiger partial charge in [-0.25, -0.2) is 0 Å². The van der Waals surface area contributed by atoms with Gasteiger partial charge in [0.25, 0.3) is 0 Å². The highest BCUT2D eigenvalue weighted by Crippen LogP contribution is 2.42. The Morgan fingerprint density at radius 1 is 1.23 bits per heavy atom. The van der Waals surface area contributed by atoms with E-state index < -0.39 is 11.6 Å². The Balaban J connectivity index is 1.59. The molecule has 22 heavy (non-hydrogen) atoms. The molecule has 3 heterocycles. The van der Waals surface area contributed by atoms with E-state index >= 15 is 0 Å². The van der Waals surface area contributed by atoms with Gasteiger partial charge in [0.15, 0.2) is 11.5 Å². The number of fused-ring (bicyclic) bond motifs is 2. The number of rotatable bonds is 2. The van der Waals surface area contributed by atoms with Crippen LogP contribution in [0.4, 0.5) is 0 Å². The van der Waals surface area contributed by atoms with Crippen LogP contribution in [0.3, 0.4) is 0 Å². The van der Waals surface area contributed by atoms with Crippen molar-refractivity contribution >= 4 is 12.0 Å². The first-order valence-corrected chi connectivity index (χ1v) is 7.40. The molecule has 0 radical (unpaired) electrons. The molecule has 1 aromatic rings. The van der Waals surface area contributed by atoms with Crippen LogP contribution in [-0.2, 0) is 4.79 Å². The third-order valence-electron chi connectivity index (χ3n) is 4.26. The Kier molecular flexibility index (Phi) is 3.00. The van der Waals surface area contributed by atoms with Crippen LogP contribution < -0.4 is 14.2 Å². The van der Waals surface area contributed by atoms with Crippen LogP contribution in [0.25, 0.3) is 6.08 Å². The zero-order valence-corrected chi connectivity index (χ0v) is 12.1. The minimum Gasteiger partial charge on any atom is -0.486 e. The number of carbonyl (C=O) groups is 1. The summed E-state index contributed by atoms with van der Waals surface area (Å²) >= 11 is 0. The molecular formula is C16H17NO5. The normalized spacial score (nSPS) is 25.8. The second kappa shape index (κ2) is 4.91. The van der Waals surface area contributed by atoms with E-state index in [1.165, 1.54) is 0 Å². The molecular weight excluding hydrogens is 286 g/mol. The minimum atomic E-state index is -0.808. The standard InChI is InChI=1S/C16H17NO5/c18-15(19)9-17-4-3-16(10-17)2-1-11-7-13-14(8-12(11)22-16)21-6-5-20-13/h1-2,7-8H,3-6,9-10H2,(H,18,19). The molecule has 1 N–H and O–H groups in total. The first-order chi connectivity index (χ1) is 10.6. The van der Waals surface area contributed by atoms with Gasteiger partial charge < -0.3 is 19.3 Å². The number of aliphatic carboxylic acids is 1. The van der Waals surface area contributed by atoms with Crippen molar-refractivity contribution in [1.82, 2.24) is 4.90 Å². The highest BCUT2D eigenvalue weighted by Gasteiger charge is 2.41. The van der Waals surface area contributed by atoms with Gasteiger partial charge in [-0.3, -0.25) is 9.69 Å². The lowest BCUT2D eigenvalue weighted by Crippen LogP contribution is -2.40. The van der Waals surface area contributed by atoms with Crippen molar-refractivity contribution in [3.05, 3.63) is 23.8 Å². The Labute approximate surface area is 127 Å². The molecule has 0 aromatic heterocycles. The number of likely N-dealkylation sites (tertiary alicyclic amines) is 1. The number of benzene rings is 1. The zero-order chi connectivity index (χ0) is 15.2. The Hall–Kier alpha value is -2.21. The van der Waals surface area contributed by atoms with Crippen molar-refractivity contribution < 1.29 is 24.1 Å². The van der Waals surface area contributed by atoms with E-state index in [1.807, 2.05) is 29.2 Å². The van der Waals surface area contributed by atoms with Gasteiger partial charge in [-0.05, 0) is 12.1 Å². The van der Waals surface area contributed by atoms with E-state index in [2.05, 4.69) is 0 Å². The Morgan fingerprint density at radius 3 is 2.77 bits per heavy atom. The second-order valence-electron chi connectivity index (χ2n) is 5.89. The first-order valence-electron chi connectivity index (χ1n) is 7.40. The van der Waals surface area contributed by atoms with Gasteiger partial charge in [0.1, 0.15) is 24.6 Å². The molecule has 1 spiro atoms. The molecule has 0 bridgehead atoms. The van der Waals surface area contributed by atoms with Crippen LogP contribution in [0.15, 0.2) is 18.2 Å². The quantitative estimate of drug-likeness (QED) is 0.890. The van der Waals surface area contributed by atoms with Gasteiger partial charge in [-0.1, -0.05) is 6.08 Å². The lowest BCUT2D eigenvalue weighted by atomic mass is 9.97. The fraction of sp³-hybridized carbons (Fsp3) is 0.438. The highest BCUT2D eigenvalue weighted by atomic mass is 16.6. The third-order valence-corrected chi connectivity index (χ3v) is 4.26. The van der Waals surface area contributed by atoms with Crippen molar-refractivity contribution in [2.45, 2.75) is 12.0 Å². The molecule has 1 fully saturated rings. The molecule has 1 aromatic carbocycles. The molecule has 116 valence electrons. The molecule has 0 saturated carbocycles. The largest absolute Gasteiger partial charge is 0.486 e. The summed E-state index contributed by atoms with van der Waals surface area (Å²) in [5.74, 6) is 1.41. The first kappa shape index (κ1) is 13.5. The lowest BCUT2D eigenvalue weighted by molar-refractivity contribution is -0.138. The minimum absolute atomic E-state index is 0.0486. The van der Waals surface area contributed by atoms with E-state index in [-0.39, 0.29) is 6.54 Å². The van der Waals surface area contributed by atoms with Crippen LogP contribution in [0.1, 0.15) is 12.0 Å². The van der Waals surface area contributed by atoms with Crippen LogP contribution in [0.2, 0.25) is 0 Å². The zero-order valence-electron chi connectivity index (χ0n) is 12.1. The predicted molar refractivity (Wildman–Crippen MR) is 78.5 cm³/mol. The van der Waals surface area contributed by atoms with Gasteiger partial charge in [0, 0.05) is 31.1 Å². The van der Waals surface area contributed by atoms with Gasteiger partial charge >= 0.3 is 5.97 Å². The van der Waals surface area contributed by atoms with Crippen molar-refractivity contribution in [3.63, 3.8) is 0 Å². The Morgan fingerprint density at radius 2 is 2.00 bits per heavy atom. The maximum Gasteiger partial charge on any atom is 0.317 e. The molecule has 3 aliphatic heterocycles. The molecule has 3 aliphatic rings. The van der Waals surface area contributed by atoms with E-state index in [0.29, 0.717) is 25.5 Å². The predicted octanol–water partition coefficient (Wildman–Crippen LogP) is 1.39. The summed E-state index contributed by atoms with van der Waals surface area (Å²) in [6.45, 7) is 2.46. The number of ether oxygens (including phenoxy) is 3. The number of carboxylic acids is 1. The van der Waals surface area contributed by atoms with Crippen LogP contribution in [-0.4, -0.2) is 54.4 Å². The highest BCUT2D eigenvalue weighted by molar-refractivity contribution is 5.69. The van der Waals surface area contributed by atoms with Crippen molar-refractivity contribution in [2.24, 2.45) is 0 Å². The molecule has 0 amide bonds. The summed E-state index contributed by atoms with van der Waals surface area (Å²) in [6.07, 6.45) is 4.85. The molecule has 6 nitrogen and oxygen atoms in total. The Bertz CT molecular complexity index is 656. The summed E-state index contributed by atoms with van der Waals surface area (Å²) in [7, 11) is 0. The average Bonchev–Trinajstić information content (AvgIpc) is 2.87. The summed E-state index contributed by atoms with van der Waals surface area (Å²) in [4.78, 5) is 12.8. The summed E-state index contributed by atoms with van der Waals surface area (Å²) in [5.41, 5.74) is 0.526. The van der Waals surface area contributed by atoms with Gasteiger partial charge in [-0.2, -0.15) is 0 Å². The topological polar surface area (TPSA) is 68.2 Å². The van der Waals surface area contributed by atoms with Crippen molar-refractivity contribution in [1.29, 1.82) is 0 Å². The molecule has 1 unspecified atom stereocenters.